The normalized spacial score (nSPS) is 10.4. The fourth-order valence-electron chi connectivity index (χ4n) is 2.59. The van der Waals surface area contributed by atoms with Crippen LogP contribution in [0.4, 0.5) is 20.2 Å². The van der Waals surface area contributed by atoms with Gasteiger partial charge in [0.05, 0.1) is 24.6 Å². The summed E-state index contributed by atoms with van der Waals surface area (Å²) in [6, 6.07) is 12.7. The van der Waals surface area contributed by atoms with Gasteiger partial charge in [-0.25, -0.2) is 8.78 Å². The lowest BCUT2D eigenvalue weighted by atomic mass is 10.1. The van der Waals surface area contributed by atoms with Gasteiger partial charge in [0.2, 0.25) is 0 Å². The molecule has 0 fully saturated rings. The summed E-state index contributed by atoms with van der Waals surface area (Å²) in [5.41, 5.74) is 2.29. The molecule has 5 nitrogen and oxygen atoms in total. The van der Waals surface area contributed by atoms with Gasteiger partial charge >= 0.3 is 0 Å². The van der Waals surface area contributed by atoms with Crippen LogP contribution in [0.2, 0.25) is 0 Å². The maximum atomic E-state index is 13.3. The molecule has 7 heteroatoms. The van der Waals surface area contributed by atoms with Crippen molar-refractivity contribution in [3.8, 4) is 5.75 Å². The molecule has 0 aliphatic rings. The number of hydrogen-bond acceptors (Lipinski definition) is 4. The molecule has 1 heterocycles. The van der Waals surface area contributed by atoms with E-state index < -0.39 is 11.6 Å². The van der Waals surface area contributed by atoms with Crippen LogP contribution in [0.5, 0.6) is 5.75 Å². The lowest BCUT2D eigenvalue weighted by Crippen LogP contribution is -2.25. The van der Waals surface area contributed by atoms with Crippen molar-refractivity contribution in [2.45, 2.75) is 6.42 Å². The summed E-state index contributed by atoms with van der Waals surface area (Å²) >= 11 is 0. The molecule has 0 aliphatic carbocycles. The Kier molecular flexibility index (Phi) is 6.16. The molecule has 0 saturated heterocycles. The number of nitrogens with one attached hydrogen (secondary N) is 2. The summed E-state index contributed by atoms with van der Waals surface area (Å²) in [5.74, 6) is -1.36. The van der Waals surface area contributed by atoms with E-state index in [9.17, 15) is 13.6 Å². The van der Waals surface area contributed by atoms with Crippen molar-refractivity contribution in [2.24, 2.45) is 0 Å². The van der Waals surface area contributed by atoms with E-state index in [1.807, 2.05) is 24.3 Å². The van der Waals surface area contributed by atoms with E-state index in [4.69, 9.17) is 4.74 Å². The lowest BCUT2D eigenvalue weighted by Gasteiger charge is -2.09. The predicted molar refractivity (Wildman–Crippen MR) is 103 cm³/mol. The Morgan fingerprint density at radius 3 is 2.50 bits per heavy atom. The van der Waals surface area contributed by atoms with Crippen molar-refractivity contribution in [1.29, 1.82) is 0 Å². The quantitative estimate of drug-likeness (QED) is 0.645. The first-order valence-electron chi connectivity index (χ1n) is 8.63. The van der Waals surface area contributed by atoms with Gasteiger partial charge in [0, 0.05) is 24.5 Å². The van der Waals surface area contributed by atoms with E-state index >= 15 is 0 Å². The van der Waals surface area contributed by atoms with Crippen molar-refractivity contribution in [2.75, 3.05) is 19.0 Å². The molecule has 144 valence electrons. The topological polar surface area (TPSA) is 63.2 Å². The van der Waals surface area contributed by atoms with Crippen LogP contribution >= 0.6 is 0 Å². The number of methoxy groups -OCH3 is 1. The first kappa shape index (κ1) is 19.3. The number of pyridine rings is 1. The molecule has 1 aromatic heterocycles. The van der Waals surface area contributed by atoms with Gasteiger partial charge in [-0.15, -0.1) is 0 Å². The number of benzene rings is 2. The van der Waals surface area contributed by atoms with Crippen LogP contribution in [-0.2, 0) is 6.42 Å². The number of carbonyl (C=O) groups excluding carboxylic acids is 1. The zero-order chi connectivity index (χ0) is 19.9. The number of aromatic nitrogens is 1. The highest BCUT2D eigenvalue weighted by Crippen LogP contribution is 2.19. The van der Waals surface area contributed by atoms with Crippen molar-refractivity contribution in [1.82, 2.24) is 10.3 Å². The summed E-state index contributed by atoms with van der Waals surface area (Å²) < 4.78 is 31.4. The number of ether oxygens (including phenoxy) is 1. The van der Waals surface area contributed by atoms with Crippen molar-refractivity contribution in [3.05, 3.63) is 83.7 Å². The Hall–Kier alpha value is -3.48. The van der Waals surface area contributed by atoms with E-state index in [-0.39, 0.29) is 5.91 Å². The number of hydrogen-bond donors (Lipinski definition) is 2. The second kappa shape index (κ2) is 8.94. The van der Waals surface area contributed by atoms with E-state index in [0.717, 1.165) is 23.4 Å². The lowest BCUT2D eigenvalue weighted by molar-refractivity contribution is 0.0954. The maximum absolute atomic E-state index is 13.3. The molecule has 0 spiro atoms. The first-order chi connectivity index (χ1) is 13.5. The average Bonchev–Trinajstić information content (AvgIpc) is 2.71. The minimum Gasteiger partial charge on any atom is -0.497 e. The van der Waals surface area contributed by atoms with Crippen LogP contribution in [0.3, 0.4) is 0 Å². The zero-order valence-corrected chi connectivity index (χ0v) is 15.2. The number of rotatable bonds is 7. The van der Waals surface area contributed by atoms with Crippen LogP contribution in [-0.4, -0.2) is 24.5 Å². The predicted octanol–water partition coefficient (Wildman–Crippen LogP) is 4.08. The second-order valence-electron chi connectivity index (χ2n) is 6.07. The van der Waals surface area contributed by atoms with E-state index in [1.54, 1.807) is 13.2 Å². The second-order valence-corrected chi connectivity index (χ2v) is 6.07. The molecule has 3 rings (SSSR count). The molecule has 0 bridgehead atoms. The van der Waals surface area contributed by atoms with Gasteiger partial charge in [0.15, 0.2) is 11.6 Å². The maximum Gasteiger partial charge on any atom is 0.252 e. The standard InChI is InChI=1S/C21H19F2N3O2/c1-28-18-5-2-14(3-6-18)8-9-25-21(27)15-10-17(13-24-12-15)26-16-4-7-19(22)20(23)11-16/h2-7,10-13,26H,8-9H2,1H3,(H,25,27). The fraction of sp³-hybridized carbons (Fsp3) is 0.143. The van der Waals surface area contributed by atoms with Crippen molar-refractivity contribution >= 4 is 17.3 Å². The molecule has 2 N–H and O–H groups in total. The molecule has 1 amide bonds. The molecular weight excluding hydrogens is 364 g/mol. The summed E-state index contributed by atoms with van der Waals surface area (Å²) in [7, 11) is 1.61. The molecule has 0 aliphatic heterocycles. The Morgan fingerprint density at radius 1 is 1.00 bits per heavy atom. The molecule has 0 saturated carbocycles. The number of nitrogens with zero attached hydrogens (tertiary/aromatic N) is 1. The summed E-state index contributed by atoms with van der Waals surface area (Å²) in [6.45, 7) is 0.464. The molecular formula is C21H19F2N3O2. The summed E-state index contributed by atoms with van der Waals surface area (Å²) in [4.78, 5) is 16.4. The molecule has 0 radical (unpaired) electrons. The Bertz CT molecular complexity index is 962. The largest absolute Gasteiger partial charge is 0.497 e. The smallest absolute Gasteiger partial charge is 0.252 e. The van der Waals surface area contributed by atoms with Gasteiger partial charge in [-0.1, -0.05) is 12.1 Å². The van der Waals surface area contributed by atoms with Gasteiger partial charge < -0.3 is 15.4 Å². The van der Waals surface area contributed by atoms with Gasteiger partial charge in [-0.3, -0.25) is 9.78 Å². The van der Waals surface area contributed by atoms with Crippen LogP contribution in [0.25, 0.3) is 0 Å². The third-order valence-electron chi connectivity index (χ3n) is 4.07. The van der Waals surface area contributed by atoms with Crippen LogP contribution < -0.4 is 15.4 Å². The van der Waals surface area contributed by atoms with E-state index in [1.165, 1.54) is 18.5 Å². The zero-order valence-electron chi connectivity index (χ0n) is 15.2. The van der Waals surface area contributed by atoms with Gasteiger partial charge in [-0.05, 0) is 42.3 Å². The van der Waals surface area contributed by atoms with Gasteiger partial charge in [0.25, 0.3) is 5.91 Å². The van der Waals surface area contributed by atoms with Crippen molar-refractivity contribution in [3.63, 3.8) is 0 Å². The molecule has 0 atom stereocenters. The minimum atomic E-state index is -0.953. The number of halogens is 2. The fourth-order valence-corrected chi connectivity index (χ4v) is 2.59. The third-order valence-corrected chi connectivity index (χ3v) is 4.07. The van der Waals surface area contributed by atoms with Crippen LogP contribution in [0.1, 0.15) is 15.9 Å². The molecule has 2 aromatic carbocycles. The Morgan fingerprint density at radius 2 is 1.79 bits per heavy atom. The molecule has 28 heavy (non-hydrogen) atoms. The van der Waals surface area contributed by atoms with Gasteiger partial charge in [0.1, 0.15) is 5.75 Å². The highest BCUT2D eigenvalue weighted by molar-refractivity contribution is 5.94. The average molecular weight is 383 g/mol. The van der Waals surface area contributed by atoms with Gasteiger partial charge in [-0.2, -0.15) is 0 Å². The van der Waals surface area contributed by atoms with E-state index in [2.05, 4.69) is 15.6 Å². The Balaban J connectivity index is 1.57. The molecule has 3 aromatic rings. The van der Waals surface area contributed by atoms with Crippen LogP contribution in [0, 0.1) is 11.6 Å². The van der Waals surface area contributed by atoms with Crippen molar-refractivity contribution < 1.29 is 18.3 Å². The summed E-state index contributed by atoms with van der Waals surface area (Å²) in [6.07, 6.45) is 3.62. The first-order valence-corrected chi connectivity index (χ1v) is 8.63. The number of anilines is 2. The third kappa shape index (κ3) is 5.03. The summed E-state index contributed by atoms with van der Waals surface area (Å²) in [5, 5.41) is 5.74. The van der Waals surface area contributed by atoms with E-state index in [0.29, 0.717) is 29.9 Å². The number of amides is 1. The number of carbonyl (C=O) groups is 1. The highest BCUT2D eigenvalue weighted by atomic mass is 19.2. The van der Waals surface area contributed by atoms with Crippen LogP contribution in [0.15, 0.2) is 60.9 Å². The Labute approximate surface area is 161 Å². The molecule has 0 unspecified atom stereocenters. The highest BCUT2D eigenvalue weighted by Gasteiger charge is 2.08. The minimum absolute atomic E-state index is 0.269. The SMILES string of the molecule is COc1ccc(CCNC(=O)c2cncc(Nc3ccc(F)c(F)c3)c2)cc1. The monoisotopic (exact) mass is 383 g/mol.